The number of carbonyl (C=O) groups excluding carboxylic acids is 3. The molecule has 2 heterocycles. The van der Waals surface area contributed by atoms with E-state index < -0.39 is 6.04 Å². The van der Waals surface area contributed by atoms with Crippen LogP contribution in [0.4, 0.5) is 5.69 Å². The number of hydrogen-bond donors (Lipinski definition) is 0. The molecule has 2 fully saturated rings. The number of aryl methyl sites for hydroxylation is 2. The highest BCUT2D eigenvalue weighted by molar-refractivity contribution is 8.00. The highest BCUT2D eigenvalue weighted by atomic mass is 32.2. The van der Waals surface area contributed by atoms with Crippen molar-refractivity contribution in [3.63, 3.8) is 0 Å². The molecule has 5 rings (SSSR count). The SMILES string of the molecule is N#Cc1cc2c(nc1SCC(=O)N(C1CCCCC1)C1CC(=O)N(c3ccccc3)C1=O)CCC2. The van der Waals surface area contributed by atoms with Gasteiger partial charge in [-0.2, -0.15) is 5.26 Å². The standard InChI is InChI=1S/C27H28N4O3S/c28-16-19-14-18-8-7-13-22(18)29-26(19)35-17-25(33)30(20-9-3-1-4-10-20)23-15-24(32)31(27(23)34)21-11-5-2-6-12-21/h2,5-6,11-12,14,20,23H,1,3-4,7-10,13,15,17H2. The predicted molar refractivity (Wildman–Crippen MR) is 133 cm³/mol. The normalized spacial score (nSPS) is 20.1. The Morgan fingerprint density at radius 2 is 1.89 bits per heavy atom. The van der Waals surface area contributed by atoms with Crippen LogP contribution >= 0.6 is 11.8 Å². The quantitative estimate of drug-likeness (QED) is 0.450. The van der Waals surface area contributed by atoms with Crippen molar-refractivity contribution in [2.75, 3.05) is 10.7 Å². The molecule has 1 aromatic heterocycles. The molecule has 2 aromatic rings. The molecular formula is C27H28N4O3S. The van der Waals surface area contributed by atoms with Gasteiger partial charge in [0.1, 0.15) is 17.1 Å². The number of aromatic nitrogens is 1. The third-order valence-electron chi connectivity index (χ3n) is 7.20. The molecule has 35 heavy (non-hydrogen) atoms. The van der Waals surface area contributed by atoms with Crippen molar-refractivity contribution in [3.05, 3.63) is 53.2 Å². The summed E-state index contributed by atoms with van der Waals surface area (Å²) in [6.45, 7) is 0. The Morgan fingerprint density at radius 1 is 1.11 bits per heavy atom. The minimum absolute atomic E-state index is 0.00117. The van der Waals surface area contributed by atoms with Crippen molar-refractivity contribution in [3.8, 4) is 6.07 Å². The average Bonchev–Trinajstić information content (AvgIpc) is 3.46. The Morgan fingerprint density at radius 3 is 2.63 bits per heavy atom. The zero-order valence-electron chi connectivity index (χ0n) is 19.6. The molecular weight excluding hydrogens is 460 g/mol. The first-order valence-electron chi connectivity index (χ1n) is 12.4. The number of benzene rings is 1. The van der Waals surface area contributed by atoms with Crippen LogP contribution in [0.1, 0.15) is 61.8 Å². The number of hydrogen-bond acceptors (Lipinski definition) is 6. The Hall–Kier alpha value is -3.18. The van der Waals surface area contributed by atoms with Gasteiger partial charge in [-0.3, -0.25) is 14.4 Å². The van der Waals surface area contributed by atoms with E-state index in [1.165, 1.54) is 16.7 Å². The number of thioether (sulfide) groups is 1. The molecule has 3 aliphatic rings. The molecule has 1 atom stereocenters. The number of anilines is 1. The molecule has 2 aliphatic carbocycles. The lowest BCUT2D eigenvalue weighted by molar-refractivity contribution is -0.139. The molecule has 0 spiro atoms. The number of pyridine rings is 1. The number of amides is 3. The maximum Gasteiger partial charge on any atom is 0.257 e. The van der Waals surface area contributed by atoms with Crippen LogP contribution in [0.5, 0.6) is 0 Å². The molecule has 1 unspecified atom stereocenters. The molecule has 3 amide bonds. The largest absolute Gasteiger partial charge is 0.326 e. The van der Waals surface area contributed by atoms with E-state index in [1.54, 1.807) is 29.2 Å². The van der Waals surface area contributed by atoms with Gasteiger partial charge in [-0.25, -0.2) is 9.88 Å². The summed E-state index contributed by atoms with van der Waals surface area (Å²) in [7, 11) is 0. The number of carbonyl (C=O) groups is 3. The van der Waals surface area contributed by atoms with Gasteiger partial charge in [-0.1, -0.05) is 49.2 Å². The second-order valence-electron chi connectivity index (χ2n) is 9.42. The molecule has 1 saturated heterocycles. The molecule has 0 N–H and O–H groups in total. The summed E-state index contributed by atoms with van der Waals surface area (Å²) in [5.74, 6) is -0.701. The van der Waals surface area contributed by atoms with E-state index in [-0.39, 0.29) is 35.9 Å². The number of nitrogens with zero attached hydrogens (tertiary/aromatic N) is 4. The van der Waals surface area contributed by atoms with Crippen LogP contribution in [0.2, 0.25) is 0 Å². The second-order valence-corrected chi connectivity index (χ2v) is 10.4. The third kappa shape index (κ3) is 4.70. The van der Waals surface area contributed by atoms with Gasteiger partial charge in [-0.15, -0.1) is 0 Å². The second kappa shape index (κ2) is 10.2. The molecule has 0 radical (unpaired) electrons. The van der Waals surface area contributed by atoms with E-state index in [0.717, 1.165) is 62.6 Å². The van der Waals surface area contributed by atoms with Crippen LogP contribution < -0.4 is 4.90 Å². The Bertz CT molecular complexity index is 1190. The van der Waals surface area contributed by atoms with Crippen molar-refractivity contribution in [1.82, 2.24) is 9.88 Å². The van der Waals surface area contributed by atoms with E-state index in [4.69, 9.17) is 0 Å². The lowest BCUT2D eigenvalue weighted by Gasteiger charge is -2.37. The van der Waals surface area contributed by atoms with Gasteiger partial charge < -0.3 is 4.90 Å². The van der Waals surface area contributed by atoms with Gasteiger partial charge in [0, 0.05) is 11.7 Å². The summed E-state index contributed by atoms with van der Waals surface area (Å²) in [6.07, 6.45) is 7.66. The van der Waals surface area contributed by atoms with Crippen molar-refractivity contribution in [2.45, 2.75) is 74.9 Å². The number of fused-ring (bicyclic) bond motifs is 1. The van der Waals surface area contributed by atoms with E-state index in [1.807, 2.05) is 12.1 Å². The fourth-order valence-electron chi connectivity index (χ4n) is 5.52. The number of imide groups is 1. The minimum Gasteiger partial charge on any atom is -0.326 e. The lowest BCUT2D eigenvalue weighted by atomic mass is 9.92. The van der Waals surface area contributed by atoms with Crippen LogP contribution in [0.25, 0.3) is 0 Å². The van der Waals surface area contributed by atoms with E-state index >= 15 is 0 Å². The Kier molecular flexibility index (Phi) is 6.87. The molecule has 8 heteroatoms. The molecule has 1 aliphatic heterocycles. The van der Waals surface area contributed by atoms with Gasteiger partial charge in [0.15, 0.2) is 0 Å². The minimum atomic E-state index is -0.790. The molecule has 1 aromatic carbocycles. The summed E-state index contributed by atoms with van der Waals surface area (Å²) < 4.78 is 0. The fourth-order valence-corrected chi connectivity index (χ4v) is 6.36. The van der Waals surface area contributed by atoms with Crippen LogP contribution in [-0.4, -0.2) is 45.4 Å². The molecule has 7 nitrogen and oxygen atoms in total. The summed E-state index contributed by atoms with van der Waals surface area (Å²) in [4.78, 5) is 47.6. The predicted octanol–water partition coefficient (Wildman–Crippen LogP) is 4.03. The smallest absolute Gasteiger partial charge is 0.257 e. The summed E-state index contributed by atoms with van der Waals surface area (Å²) in [5.41, 5.74) is 3.17. The summed E-state index contributed by atoms with van der Waals surface area (Å²) in [5, 5.41) is 10.2. The van der Waals surface area contributed by atoms with Gasteiger partial charge in [0.05, 0.1) is 23.4 Å². The van der Waals surface area contributed by atoms with Gasteiger partial charge in [-0.05, 0) is 55.9 Å². The van der Waals surface area contributed by atoms with Gasteiger partial charge in [0.2, 0.25) is 11.8 Å². The van der Waals surface area contributed by atoms with Crippen molar-refractivity contribution >= 4 is 35.2 Å². The maximum atomic E-state index is 13.6. The molecule has 1 saturated carbocycles. The highest BCUT2D eigenvalue weighted by Crippen LogP contribution is 2.33. The zero-order chi connectivity index (χ0) is 24.4. The first-order chi connectivity index (χ1) is 17.1. The summed E-state index contributed by atoms with van der Waals surface area (Å²) in [6, 6.07) is 12.2. The number of rotatable bonds is 6. The Balaban J connectivity index is 1.38. The maximum absolute atomic E-state index is 13.6. The first-order valence-corrected chi connectivity index (χ1v) is 13.3. The fraction of sp³-hybridized carbons (Fsp3) is 0.444. The van der Waals surface area contributed by atoms with E-state index in [0.29, 0.717) is 16.3 Å². The number of nitriles is 1. The van der Waals surface area contributed by atoms with Gasteiger partial charge in [0.25, 0.3) is 5.91 Å². The molecule has 180 valence electrons. The van der Waals surface area contributed by atoms with Crippen LogP contribution in [0.15, 0.2) is 41.4 Å². The monoisotopic (exact) mass is 488 g/mol. The van der Waals surface area contributed by atoms with Crippen LogP contribution in [0, 0.1) is 11.3 Å². The van der Waals surface area contributed by atoms with Crippen molar-refractivity contribution < 1.29 is 14.4 Å². The molecule has 0 bridgehead atoms. The van der Waals surface area contributed by atoms with Gasteiger partial charge >= 0.3 is 0 Å². The number of para-hydroxylation sites is 1. The Labute approximate surface area is 209 Å². The van der Waals surface area contributed by atoms with Crippen LogP contribution in [-0.2, 0) is 27.2 Å². The highest BCUT2D eigenvalue weighted by Gasteiger charge is 2.46. The summed E-state index contributed by atoms with van der Waals surface area (Å²) >= 11 is 1.26. The van der Waals surface area contributed by atoms with E-state index in [2.05, 4.69) is 11.1 Å². The zero-order valence-corrected chi connectivity index (χ0v) is 20.4. The third-order valence-corrected chi connectivity index (χ3v) is 8.17. The van der Waals surface area contributed by atoms with Crippen molar-refractivity contribution in [2.24, 2.45) is 0 Å². The lowest BCUT2D eigenvalue weighted by Crippen LogP contribution is -2.52. The van der Waals surface area contributed by atoms with Crippen LogP contribution in [0.3, 0.4) is 0 Å². The average molecular weight is 489 g/mol. The first kappa shape index (κ1) is 23.6. The van der Waals surface area contributed by atoms with E-state index in [9.17, 15) is 19.6 Å². The van der Waals surface area contributed by atoms with Crippen molar-refractivity contribution in [1.29, 1.82) is 5.26 Å². The topological polar surface area (TPSA) is 94.4 Å².